The summed E-state index contributed by atoms with van der Waals surface area (Å²) in [5.74, 6) is 0.819. The zero-order chi connectivity index (χ0) is 20.1. The van der Waals surface area contributed by atoms with Gasteiger partial charge in [0.1, 0.15) is 6.04 Å². The fraction of sp³-hybridized carbons (Fsp3) is 0.652. The lowest BCUT2D eigenvalue weighted by molar-refractivity contribution is -0.130. The van der Waals surface area contributed by atoms with E-state index in [0.717, 1.165) is 64.3 Å². The van der Waals surface area contributed by atoms with Gasteiger partial charge in [0, 0.05) is 51.0 Å². The molecule has 3 atom stereocenters. The highest BCUT2D eigenvalue weighted by Crippen LogP contribution is 2.27. The summed E-state index contributed by atoms with van der Waals surface area (Å²) < 4.78 is 0. The number of carbonyl (C=O) groups is 1. The average Bonchev–Trinajstić information content (AvgIpc) is 3.42. The molecule has 6 heteroatoms. The second kappa shape index (κ2) is 9.60. The standard InChI is InChI=1S/C23H33N5O/c24-16-22-7-4-10-28(22)23(29)17-25-20-9-8-19(15-20)18-26-11-13-27(14-12-26)21-5-2-1-3-6-21/h1-3,5-6,19-20,22,25H,4,7-15,17-18H2/t19-,20+,22+/m1/s1. The minimum Gasteiger partial charge on any atom is -0.369 e. The number of nitriles is 1. The van der Waals surface area contributed by atoms with Gasteiger partial charge in [0.05, 0.1) is 12.6 Å². The Morgan fingerprint density at radius 2 is 1.86 bits per heavy atom. The Bertz CT molecular complexity index is 710. The van der Waals surface area contributed by atoms with Crippen LogP contribution in [0.25, 0.3) is 0 Å². The summed E-state index contributed by atoms with van der Waals surface area (Å²) in [4.78, 5) is 19.3. The molecule has 29 heavy (non-hydrogen) atoms. The maximum atomic E-state index is 12.4. The number of piperazine rings is 1. The molecule has 1 aliphatic carbocycles. The van der Waals surface area contributed by atoms with Crippen molar-refractivity contribution in [1.82, 2.24) is 15.1 Å². The highest BCUT2D eigenvalue weighted by atomic mass is 16.2. The van der Waals surface area contributed by atoms with E-state index in [-0.39, 0.29) is 11.9 Å². The van der Waals surface area contributed by atoms with E-state index < -0.39 is 0 Å². The summed E-state index contributed by atoms with van der Waals surface area (Å²) >= 11 is 0. The summed E-state index contributed by atoms with van der Waals surface area (Å²) in [6, 6.07) is 13.2. The lowest BCUT2D eigenvalue weighted by Gasteiger charge is -2.37. The number of hydrogen-bond acceptors (Lipinski definition) is 5. The van der Waals surface area contributed by atoms with E-state index in [4.69, 9.17) is 5.26 Å². The molecule has 1 saturated carbocycles. The first-order valence-electron chi connectivity index (χ1n) is 11.2. The number of rotatable bonds is 6. The van der Waals surface area contributed by atoms with Crippen LogP contribution in [0.3, 0.4) is 0 Å². The number of carbonyl (C=O) groups excluding carboxylic acids is 1. The number of hydrogen-bond donors (Lipinski definition) is 1. The maximum Gasteiger partial charge on any atom is 0.237 e. The molecular formula is C23H33N5O. The van der Waals surface area contributed by atoms with Gasteiger partial charge in [0.2, 0.25) is 5.91 Å². The lowest BCUT2D eigenvalue weighted by atomic mass is 10.1. The van der Waals surface area contributed by atoms with Gasteiger partial charge in [0.25, 0.3) is 0 Å². The van der Waals surface area contributed by atoms with Gasteiger partial charge in [-0.25, -0.2) is 0 Å². The van der Waals surface area contributed by atoms with Gasteiger partial charge in [-0.1, -0.05) is 18.2 Å². The van der Waals surface area contributed by atoms with Crippen LogP contribution < -0.4 is 10.2 Å². The number of benzene rings is 1. The molecule has 2 aliphatic heterocycles. The van der Waals surface area contributed by atoms with Crippen LogP contribution in [0, 0.1) is 17.2 Å². The van der Waals surface area contributed by atoms with Crippen LogP contribution in [0.1, 0.15) is 32.1 Å². The summed E-state index contributed by atoms with van der Waals surface area (Å²) in [6.45, 7) is 6.76. The van der Waals surface area contributed by atoms with E-state index in [2.05, 4.69) is 51.5 Å². The quantitative estimate of drug-likeness (QED) is 0.799. The Labute approximate surface area is 174 Å². The lowest BCUT2D eigenvalue weighted by Crippen LogP contribution is -2.47. The second-order valence-electron chi connectivity index (χ2n) is 8.75. The molecule has 1 aromatic carbocycles. The molecule has 1 N–H and O–H groups in total. The highest BCUT2D eigenvalue weighted by Gasteiger charge is 2.31. The smallest absolute Gasteiger partial charge is 0.237 e. The van der Waals surface area contributed by atoms with Crippen molar-refractivity contribution in [2.75, 3.05) is 50.7 Å². The highest BCUT2D eigenvalue weighted by molar-refractivity contribution is 5.79. The number of likely N-dealkylation sites (tertiary alicyclic amines) is 1. The van der Waals surface area contributed by atoms with Gasteiger partial charge in [-0.3, -0.25) is 9.69 Å². The van der Waals surface area contributed by atoms with Crippen LogP contribution in [-0.4, -0.2) is 73.6 Å². The number of anilines is 1. The van der Waals surface area contributed by atoms with Gasteiger partial charge >= 0.3 is 0 Å². The van der Waals surface area contributed by atoms with Crippen molar-refractivity contribution in [3.63, 3.8) is 0 Å². The van der Waals surface area contributed by atoms with Crippen molar-refractivity contribution >= 4 is 11.6 Å². The number of para-hydroxylation sites is 1. The van der Waals surface area contributed by atoms with Gasteiger partial charge < -0.3 is 15.1 Å². The molecule has 0 unspecified atom stereocenters. The third kappa shape index (κ3) is 5.09. The first-order chi connectivity index (χ1) is 14.2. The number of amides is 1. The van der Waals surface area contributed by atoms with Crippen molar-refractivity contribution in [1.29, 1.82) is 5.26 Å². The molecule has 4 rings (SSSR count). The molecule has 1 aromatic rings. The number of nitrogens with zero attached hydrogens (tertiary/aromatic N) is 4. The third-order valence-corrected chi connectivity index (χ3v) is 6.82. The Hall–Kier alpha value is -2.10. The Morgan fingerprint density at radius 3 is 2.62 bits per heavy atom. The van der Waals surface area contributed by atoms with E-state index >= 15 is 0 Å². The Kier molecular flexibility index (Phi) is 6.68. The first-order valence-corrected chi connectivity index (χ1v) is 11.2. The predicted octanol–water partition coefficient (Wildman–Crippen LogP) is 2.08. The van der Waals surface area contributed by atoms with Crippen LogP contribution >= 0.6 is 0 Å². The Morgan fingerprint density at radius 1 is 1.07 bits per heavy atom. The molecule has 0 spiro atoms. The van der Waals surface area contributed by atoms with Crippen LogP contribution in [0.15, 0.2) is 30.3 Å². The molecule has 0 radical (unpaired) electrons. The third-order valence-electron chi connectivity index (χ3n) is 6.82. The van der Waals surface area contributed by atoms with Crippen molar-refractivity contribution in [2.45, 2.75) is 44.2 Å². The molecule has 6 nitrogen and oxygen atoms in total. The summed E-state index contributed by atoms with van der Waals surface area (Å²) in [6.07, 6.45) is 5.34. The molecule has 1 amide bonds. The van der Waals surface area contributed by atoms with Crippen LogP contribution in [0.2, 0.25) is 0 Å². The zero-order valence-corrected chi connectivity index (χ0v) is 17.3. The van der Waals surface area contributed by atoms with E-state index in [1.165, 1.54) is 18.7 Å². The average molecular weight is 396 g/mol. The molecular weight excluding hydrogens is 362 g/mol. The van der Waals surface area contributed by atoms with Crippen LogP contribution in [0.5, 0.6) is 0 Å². The molecule has 0 bridgehead atoms. The van der Waals surface area contributed by atoms with E-state index in [1.807, 2.05) is 0 Å². The number of nitrogens with one attached hydrogen (secondary N) is 1. The minimum absolute atomic E-state index is 0.0922. The van der Waals surface area contributed by atoms with Gasteiger partial charge in [0.15, 0.2) is 0 Å². The summed E-state index contributed by atoms with van der Waals surface area (Å²) in [7, 11) is 0. The fourth-order valence-corrected chi connectivity index (χ4v) is 5.15. The van der Waals surface area contributed by atoms with Crippen LogP contribution in [-0.2, 0) is 4.79 Å². The molecule has 3 aliphatic rings. The molecule has 2 saturated heterocycles. The monoisotopic (exact) mass is 395 g/mol. The predicted molar refractivity (Wildman–Crippen MR) is 115 cm³/mol. The first kappa shape index (κ1) is 20.2. The molecule has 156 valence electrons. The summed E-state index contributed by atoms with van der Waals surface area (Å²) in [5.41, 5.74) is 1.33. The largest absolute Gasteiger partial charge is 0.369 e. The fourth-order valence-electron chi connectivity index (χ4n) is 5.15. The van der Waals surface area contributed by atoms with Gasteiger partial charge in [-0.15, -0.1) is 0 Å². The topological polar surface area (TPSA) is 62.6 Å². The van der Waals surface area contributed by atoms with Gasteiger partial charge in [-0.2, -0.15) is 5.26 Å². The van der Waals surface area contributed by atoms with Crippen molar-refractivity contribution in [3.8, 4) is 6.07 Å². The molecule has 2 heterocycles. The van der Waals surface area contributed by atoms with Crippen LogP contribution in [0.4, 0.5) is 5.69 Å². The molecule has 0 aromatic heterocycles. The zero-order valence-electron chi connectivity index (χ0n) is 17.3. The maximum absolute atomic E-state index is 12.4. The SMILES string of the molecule is N#C[C@@H]1CCCN1C(=O)CN[C@H]1CC[C@@H](CN2CCN(c3ccccc3)CC2)C1. The summed E-state index contributed by atoms with van der Waals surface area (Å²) in [5, 5.41) is 12.6. The minimum atomic E-state index is -0.213. The van der Waals surface area contributed by atoms with E-state index in [9.17, 15) is 4.79 Å². The normalized spacial score (nSPS) is 27.9. The molecule has 3 fully saturated rings. The Balaban J connectivity index is 1.15. The van der Waals surface area contributed by atoms with E-state index in [0.29, 0.717) is 12.6 Å². The van der Waals surface area contributed by atoms with Gasteiger partial charge in [-0.05, 0) is 50.2 Å². The van der Waals surface area contributed by atoms with Crippen molar-refractivity contribution in [3.05, 3.63) is 30.3 Å². The van der Waals surface area contributed by atoms with Crippen molar-refractivity contribution < 1.29 is 4.79 Å². The van der Waals surface area contributed by atoms with E-state index in [1.54, 1.807) is 4.90 Å². The van der Waals surface area contributed by atoms with Crippen molar-refractivity contribution in [2.24, 2.45) is 5.92 Å². The second-order valence-corrected chi connectivity index (χ2v) is 8.75.